The van der Waals surface area contributed by atoms with E-state index >= 15 is 0 Å². The van der Waals surface area contributed by atoms with Crippen LogP contribution >= 0.6 is 0 Å². The van der Waals surface area contributed by atoms with Crippen molar-refractivity contribution in [1.29, 1.82) is 0 Å². The summed E-state index contributed by atoms with van der Waals surface area (Å²) in [5, 5.41) is 3.26. The lowest BCUT2D eigenvalue weighted by Gasteiger charge is -2.08. The maximum absolute atomic E-state index is 12.8. The van der Waals surface area contributed by atoms with E-state index in [0.29, 0.717) is 12.6 Å². The molecule has 13 heavy (non-hydrogen) atoms. The van der Waals surface area contributed by atoms with E-state index in [-0.39, 0.29) is 5.82 Å². The highest BCUT2D eigenvalue weighted by Crippen LogP contribution is 2.27. The van der Waals surface area contributed by atoms with Crippen molar-refractivity contribution in [3.63, 3.8) is 0 Å². The fourth-order valence-electron chi connectivity index (χ4n) is 1.77. The van der Waals surface area contributed by atoms with E-state index in [1.54, 1.807) is 6.07 Å². The fraction of sp³-hybridized carbons (Fsp3) is 0.400. The van der Waals surface area contributed by atoms with Gasteiger partial charge in [-0.1, -0.05) is 6.07 Å². The van der Waals surface area contributed by atoms with Gasteiger partial charge in [-0.15, -0.1) is 0 Å². The summed E-state index contributed by atoms with van der Waals surface area (Å²) in [5.41, 5.74) is 7.58. The highest BCUT2D eigenvalue weighted by Gasteiger charge is 2.19. The lowest BCUT2D eigenvalue weighted by molar-refractivity contribution is 0.628. The first-order valence-electron chi connectivity index (χ1n) is 4.54. The Morgan fingerprint density at radius 3 is 3.15 bits per heavy atom. The molecule has 70 valence electrons. The van der Waals surface area contributed by atoms with Gasteiger partial charge in [0.15, 0.2) is 0 Å². The van der Waals surface area contributed by atoms with Gasteiger partial charge in [0.1, 0.15) is 5.82 Å². The SMILES string of the molecule is NCCC1Cc2ccc(F)cc2N1. The van der Waals surface area contributed by atoms with Crippen LogP contribution in [0.1, 0.15) is 12.0 Å². The summed E-state index contributed by atoms with van der Waals surface area (Å²) in [5.74, 6) is -0.181. The summed E-state index contributed by atoms with van der Waals surface area (Å²) < 4.78 is 12.8. The van der Waals surface area contributed by atoms with Crippen LogP contribution in [-0.2, 0) is 6.42 Å². The molecule has 3 heteroatoms. The minimum atomic E-state index is -0.181. The van der Waals surface area contributed by atoms with E-state index in [1.807, 2.05) is 6.07 Å². The summed E-state index contributed by atoms with van der Waals surface area (Å²) in [6.07, 6.45) is 1.91. The molecule has 1 aromatic rings. The molecule has 1 aliphatic rings. The predicted molar refractivity (Wildman–Crippen MR) is 51.2 cm³/mol. The van der Waals surface area contributed by atoms with Crippen LogP contribution in [0, 0.1) is 5.82 Å². The Balaban J connectivity index is 2.16. The number of hydrogen-bond acceptors (Lipinski definition) is 2. The highest BCUT2D eigenvalue weighted by atomic mass is 19.1. The third kappa shape index (κ3) is 1.65. The molecule has 0 fully saturated rings. The molecule has 0 radical (unpaired) electrons. The standard InChI is InChI=1S/C10H13FN2/c11-8-2-1-7-5-9(3-4-12)13-10(7)6-8/h1-2,6,9,13H,3-5,12H2. The smallest absolute Gasteiger partial charge is 0.125 e. The Morgan fingerprint density at radius 1 is 1.54 bits per heavy atom. The maximum Gasteiger partial charge on any atom is 0.125 e. The molecule has 1 unspecified atom stereocenters. The van der Waals surface area contributed by atoms with Gasteiger partial charge in [-0.2, -0.15) is 0 Å². The van der Waals surface area contributed by atoms with Gasteiger partial charge in [-0.25, -0.2) is 4.39 Å². The molecule has 1 atom stereocenters. The van der Waals surface area contributed by atoms with Crippen molar-refractivity contribution in [2.75, 3.05) is 11.9 Å². The quantitative estimate of drug-likeness (QED) is 0.724. The molecule has 0 bridgehead atoms. The van der Waals surface area contributed by atoms with Gasteiger partial charge < -0.3 is 11.1 Å². The summed E-state index contributed by atoms with van der Waals surface area (Å²) in [7, 11) is 0. The number of nitrogens with one attached hydrogen (secondary N) is 1. The molecule has 1 aliphatic heterocycles. The highest BCUT2D eigenvalue weighted by molar-refractivity contribution is 5.56. The molecule has 0 saturated carbocycles. The second-order valence-electron chi connectivity index (χ2n) is 3.42. The summed E-state index contributed by atoms with van der Waals surface area (Å²) >= 11 is 0. The first-order valence-corrected chi connectivity index (χ1v) is 4.54. The monoisotopic (exact) mass is 180 g/mol. The van der Waals surface area contributed by atoms with Crippen molar-refractivity contribution >= 4 is 5.69 Å². The molecule has 0 amide bonds. The van der Waals surface area contributed by atoms with Crippen molar-refractivity contribution in [1.82, 2.24) is 0 Å². The molecular weight excluding hydrogens is 167 g/mol. The Hall–Kier alpha value is -1.09. The van der Waals surface area contributed by atoms with Crippen LogP contribution in [0.25, 0.3) is 0 Å². The van der Waals surface area contributed by atoms with E-state index < -0.39 is 0 Å². The van der Waals surface area contributed by atoms with Crippen LogP contribution in [-0.4, -0.2) is 12.6 Å². The molecular formula is C10H13FN2. The van der Waals surface area contributed by atoms with Gasteiger partial charge >= 0.3 is 0 Å². The molecule has 1 aromatic carbocycles. The van der Waals surface area contributed by atoms with Crippen molar-refractivity contribution in [3.8, 4) is 0 Å². The molecule has 0 saturated heterocycles. The fourth-order valence-corrected chi connectivity index (χ4v) is 1.77. The average molecular weight is 180 g/mol. The maximum atomic E-state index is 12.8. The van der Waals surface area contributed by atoms with E-state index in [0.717, 1.165) is 18.5 Å². The number of hydrogen-bond donors (Lipinski definition) is 2. The van der Waals surface area contributed by atoms with Gasteiger partial charge in [0.25, 0.3) is 0 Å². The van der Waals surface area contributed by atoms with Crippen LogP contribution in [0.2, 0.25) is 0 Å². The van der Waals surface area contributed by atoms with Gasteiger partial charge in [0.2, 0.25) is 0 Å². The number of fused-ring (bicyclic) bond motifs is 1. The molecule has 3 N–H and O–H groups in total. The first kappa shape index (κ1) is 8.51. The molecule has 2 rings (SSSR count). The normalized spacial score (nSPS) is 19.7. The predicted octanol–water partition coefficient (Wildman–Crippen LogP) is 1.51. The Bertz CT molecular complexity index is 312. The first-order chi connectivity index (χ1) is 6.29. The molecule has 0 spiro atoms. The third-order valence-corrected chi connectivity index (χ3v) is 2.41. The minimum Gasteiger partial charge on any atom is -0.382 e. The number of halogens is 1. The molecule has 1 heterocycles. The van der Waals surface area contributed by atoms with Crippen LogP contribution in [0.4, 0.5) is 10.1 Å². The molecule has 0 aliphatic carbocycles. The van der Waals surface area contributed by atoms with Crippen LogP contribution in [0.3, 0.4) is 0 Å². The summed E-state index contributed by atoms with van der Waals surface area (Å²) in [6.45, 7) is 0.675. The van der Waals surface area contributed by atoms with Crippen molar-refractivity contribution in [2.45, 2.75) is 18.9 Å². The van der Waals surface area contributed by atoms with Gasteiger partial charge in [-0.05, 0) is 37.1 Å². The topological polar surface area (TPSA) is 38.0 Å². The molecule has 2 nitrogen and oxygen atoms in total. The van der Waals surface area contributed by atoms with E-state index in [1.165, 1.54) is 11.6 Å². The van der Waals surface area contributed by atoms with Crippen LogP contribution < -0.4 is 11.1 Å². The van der Waals surface area contributed by atoms with Crippen molar-refractivity contribution in [2.24, 2.45) is 5.73 Å². The van der Waals surface area contributed by atoms with Gasteiger partial charge in [0.05, 0.1) is 0 Å². The van der Waals surface area contributed by atoms with Crippen LogP contribution in [0.15, 0.2) is 18.2 Å². The Morgan fingerprint density at radius 2 is 2.38 bits per heavy atom. The van der Waals surface area contributed by atoms with Crippen molar-refractivity contribution in [3.05, 3.63) is 29.6 Å². The number of rotatable bonds is 2. The van der Waals surface area contributed by atoms with Crippen LogP contribution in [0.5, 0.6) is 0 Å². The second kappa shape index (κ2) is 3.34. The number of anilines is 1. The lowest BCUT2D eigenvalue weighted by atomic mass is 10.1. The Labute approximate surface area is 76.9 Å². The van der Waals surface area contributed by atoms with E-state index in [9.17, 15) is 4.39 Å². The zero-order valence-electron chi connectivity index (χ0n) is 7.39. The summed E-state index contributed by atoms with van der Waals surface area (Å²) in [4.78, 5) is 0. The Kier molecular flexibility index (Phi) is 2.19. The van der Waals surface area contributed by atoms with Gasteiger partial charge in [-0.3, -0.25) is 0 Å². The number of benzene rings is 1. The second-order valence-corrected chi connectivity index (χ2v) is 3.42. The van der Waals surface area contributed by atoms with E-state index in [4.69, 9.17) is 5.73 Å². The van der Waals surface area contributed by atoms with E-state index in [2.05, 4.69) is 5.32 Å². The zero-order chi connectivity index (χ0) is 9.26. The average Bonchev–Trinajstić information content (AvgIpc) is 2.46. The summed E-state index contributed by atoms with van der Waals surface area (Å²) in [6, 6.07) is 5.28. The third-order valence-electron chi connectivity index (χ3n) is 2.41. The number of nitrogens with two attached hydrogens (primary N) is 1. The lowest BCUT2D eigenvalue weighted by Crippen LogP contribution is -2.19. The minimum absolute atomic E-state index is 0.181. The zero-order valence-corrected chi connectivity index (χ0v) is 7.39. The molecule has 0 aromatic heterocycles. The van der Waals surface area contributed by atoms with Gasteiger partial charge in [0, 0.05) is 11.7 Å². The largest absolute Gasteiger partial charge is 0.382 e. The van der Waals surface area contributed by atoms with Crippen molar-refractivity contribution < 1.29 is 4.39 Å².